The first kappa shape index (κ1) is 33.4. The minimum absolute atomic E-state index is 0.272. The van der Waals surface area contributed by atoms with Gasteiger partial charge in [-0.05, 0) is 29.8 Å². The average molecular weight is 614 g/mol. The highest BCUT2D eigenvalue weighted by Gasteiger charge is 2.38. The maximum atomic E-state index is 13.1. The fourth-order valence-electron chi connectivity index (χ4n) is 3.54. The van der Waals surface area contributed by atoms with Crippen LogP contribution >= 0.6 is 0 Å². The van der Waals surface area contributed by atoms with Gasteiger partial charge in [0.25, 0.3) is 10.0 Å². The van der Waals surface area contributed by atoms with Gasteiger partial charge >= 0.3 is 24.3 Å². The highest BCUT2D eigenvalue weighted by Crippen LogP contribution is 2.30. The summed E-state index contributed by atoms with van der Waals surface area (Å²) in [6, 6.07) is 14.2. The first-order valence-corrected chi connectivity index (χ1v) is 12.9. The third-order valence-electron chi connectivity index (χ3n) is 5.46. The van der Waals surface area contributed by atoms with E-state index in [0.717, 1.165) is 43.7 Å². The third kappa shape index (κ3) is 9.36. The molecule has 3 aromatic rings. The number of benzene rings is 2. The largest absolute Gasteiger partial charge is 0.497 e. The fraction of sp³-hybridized carbons (Fsp3) is 0.333. The van der Waals surface area contributed by atoms with Crippen LogP contribution in [0, 0.1) is 0 Å². The zero-order valence-corrected chi connectivity index (χ0v) is 22.1. The Bertz CT molecular complexity index is 1410. The van der Waals surface area contributed by atoms with Gasteiger partial charge in [-0.2, -0.15) is 26.3 Å². The van der Waals surface area contributed by atoms with Crippen molar-refractivity contribution >= 4 is 32.9 Å². The molecule has 0 bridgehead atoms. The molecule has 41 heavy (non-hydrogen) atoms. The lowest BCUT2D eigenvalue weighted by Gasteiger charge is -2.27. The summed E-state index contributed by atoms with van der Waals surface area (Å²) in [5, 5.41) is 18.5. The number of ether oxygens (including phenoxy) is 1. The van der Waals surface area contributed by atoms with E-state index >= 15 is 0 Å². The summed E-state index contributed by atoms with van der Waals surface area (Å²) in [5.74, 6) is -4.85. The Morgan fingerprint density at radius 2 is 1.44 bits per heavy atom. The summed E-state index contributed by atoms with van der Waals surface area (Å²) >= 11 is 0. The Hall–Kier alpha value is -3.83. The van der Waals surface area contributed by atoms with Crippen molar-refractivity contribution in [3.63, 3.8) is 0 Å². The molecule has 1 aliphatic heterocycles. The Kier molecular flexibility index (Phi) is 11.1. The normalized spacial score (nSPS) is 14.3. The SMILES string of the molecule is COc1cc(CN2CCNCC2)c2ccn(S(=O)(=O)c3ccccc3)c2c1.O=C(O)C(F)(F)F.O=C(O)C(F)(F)F. The van der Waals surface area contributed by atoms with Crippen LogP contribution in [-0.2, 0) is 26.2 Å². The molecule has 0 unspecified atom stereocenters. The molecule has 3 N–H and O–H groups in total. The molecule has 0 amide bonds. The van der Waals surface area contributed by atoms with Crippen molar-refractivity contribution in [2.75, 3.05) is 33.3 Å². The van der Waals surface area contributed by atoms with Crippen LogP contribution in [0.2, 0.25) is 0 Å². The van der Waals surface area contributed by atoms with Crippen molar-refractivity contribution in [2.45, 2.75) is 23.8 Å². The van der Waals surface area contributed by atoms with Crippen molar-refractivity contribution < 1.29 is 59.3 Å². The Morgan fingerprint density at radius 1 is 0.927 bits per heavy atom. The number of aliphatic carboxylic acids is 2. The molecule has 2 aromatic carbocycles. The number of halogens is 6. The van der Waals surface area contributed by atoms with Gasteiger partial charge in [0.2, 0.25) is 0 Å². The van der Waals surface area contributed by atoms with Crippen LogP contribution in [-0.4, -0.2) is 85.1 Å². The lowest BCUT2D eigenvalue weighted by Crippen LogP contribution is -2.42. The topological polar surface area (TPSA) is 138 Å². The molecule has 226 valence electrons. The molecule has 1 aliphatic rings. The van der Waals surface area contributed by atoms with Crippen molar-refractivity contribution in [3.8, 4) is 5.75 Å². The summed E-state index contributed by atoms with van der Waals surface area (Å²) in [4.78, 5) is 20.4. The van der Waals surface area contributed by atoms with Gasteiger partial charge in [0.1, 0.15) is 5.75 Å². The lowest BCUT2D eigenvalue weighted by atomic mass is 10.1. The number of piperazine rings is 1. The Morgan fingerprint density at radius 3 is 1.90 bits per heavy atom. The van der Waals surface area contributed by atoms with Crippen LogP contribution in [0.3, 0.4) is 0 Å². The molecule has 0 radical (unpaired) electrons. The van der Waals surface area contributed by atoms with E-state index in [-0.39, 0.29) is 4.90 Å². The van der Waals surface area contributed by atoms with E-state index in [1.807, 2.05) is 12.1 Å². The zero-order chi connectivity index (χ0) is 31.0. The monoisotopic (exact) mass is 613 g/mol. The van der Waals surface area contributed by atoms with Crippen molar-refractivity contribution in [2.24, 2.45) is 0 Å². The van der Waals surface area contributed by atoms with E-state index in [9.17, 15) is 34.8 Å². The predicted molar refractivity (Wildman–Crippen MR) is 133 cm³/mol. The van der Waals surface area contributed by atoms with Crippen LogP contribution in [0.1, 0.15) is 5.56 Å². The summed E-state index contributed by atoms with van der Waals surface area (Å²) in [5.41, 5.74) is 1.72. The molecule has 0 atom stereocenters. The number of nitrogens with one attached hydrogen (secondary N) is 1. The molecule has 1 saturated heterocycles. The molecule has 1 aromatic heterocycles. The van der Waals surface area contributed by atoms with E-state index in [2.05, 4.69) is 10.2 Å². The van der Waals surface area contributed by atoms with Crippen LogP contribution in [0.15, 0.2) is 59.6 Å². The number of fused-ring (bicyclic) bond motifs is 1. The van der Waals surface area contributed by atoms with Gasteiger partial charge in [-0.1, -0.05) is 18.2 Å². The Balaban J connectivity index is 0.000000349. The van der Waals surface area contributed by atoms with Crippen LogP contribution in [0.5, 0.6) is 5.75 Å². The van der Waals surface area contributed by atoms with Crippen LogP contribution in [0.25, 0.3) is 10.9 Å². The highest BCUT2D eigenvalue weighted by molar-refractivity contribution is 7.90. The summed E-state index contributed by atoms with van der Waals surface area (Å²) < 4.78 is 96.5. The highest BCUT2D eigenvalue weighted by atomic mass is 32.2. The number of alkyl halides is 6. The van der Waals surface area contributed by atoms with Gasteiger partial charge in [0.15, 0.2) is 0 Å². The third-order valence-corrected chi connectivity index (χ3v) is 7.16. The number of nitrogens with zero attached hydrogens (tertiary/aromatic N) is 2. The summed E-state index contributed by atoms with van der Waals surface area (Å²) in [7, 11) is -2.05. The second-order valence-electron chi connectivity index (χ2n) is 8.28. The number of carboxylic acid groups (broad SMARTS) is 2. The van der Waals surface area contributed by atoms with Gasteiger partial charge in [-0.25, -0.2) is 22.0 Å². The van der Waals surface area contributed by atoms with Crippen molar-refractivity contribution in [1.29, 1.82) is 0 Å². The van der Waals surface area contributed by atoms with Crippen LogP contribution < -0.4 is 10.1 Å². The van der Waals surface area contributed by atoms with Gasteiger partial charge < -0.3 is 20.3 Å². The van der Waals surface area contributed by atoms with Gasteiger partial charge in [-0.15, -0.1) is 0 Å². The summed E-state index contributed by atoms with van der Waals surface area (Å²) in [6.07, 6.45) is -8.53. The van der Waals surface area contributed by atoms with E-state index in [1.165, 1.54) is 3.97 Å². The number of hydrogen-bond acceptors (Lipinski definition) is 7. The smallest absolute Gasteiger partial charge is 0.490 e. The number of hydrogen-bond donors (Lipinski definition) is 3. The van der Waals surface area contributed by atoms with Gasteiger partial charge in [0.05, 0.1) is 17.5 Å². The van der Waals surface area contributed by atoms with E-state index < -0.39 is 34.3 Å². The molecular formula is C24H25F6N3O7S. The summed E-state index contributed by atoms with van der Waals surface area (Å²) in [6.45, 7) is 4.65. The first-order valence-electron chi connectivity index (χ1n) is 11.5. The molecule has 0 spiro atoms. The Labute approximate surface area is 229 Å². The lowest BCUT2D eigenvalue weighted by molar-refractivity contribution is -0.193. The van der Waals surface area contributed by atoms with E-state index in [1.54, 1.807) is 49.7 Å². The second-order valence-corrected chi connectivity index (χ2v) is 10.1. The van der Waals surface area contributed by atoms with E-state index in [0.29, 0.717) is 11.3 Å². The first-order chi connectivity index (χ1) is 19.0. The minimum atomic E-state index is -5.08. The second kappa shape index (κ2) is 13.7. The number of carboxylic acids is 2. The number of rotatable bonds is 5. The number of aromatic nitrogens is 1. The standard InChI is InChI=1S/C20H23N3O3S.2C2HF3O2/c1-26-17-13-16(15-22-11-8-21-9-12-22)19-7-10-23(20(19)14-17)27(24,25)18-5-3-2-4-6-18;2*3-2(4,5)1(6)7/h2-7,10,13-14,21H,8-9,11-12,15H2,1H3;2*(H,6,7). The van der Waals surface area contributed by atoms with E-state index in [4.69, 9.17) is 24.5 Å². The maximum absolute atomic E-state index is 13.1. The number of carbonyl (C=O) groups is 2. The quantitative estimate of drug-likeness (QED) is 0.369. The maximum Gasteiger partial charge on any atom is 0.490 e. The molecule has 10 nitrogen and oxygen atoms in total. The van der Waals surface area contributed by atoms with Gasteiger partial charge in [-0.3, -0.25) is 4.90 Å². The zero-order valence-electron chi connectivity index (χ0n) is 21.2. The van der Waals surface area contributed by atoms with Crippen LogP contribution in [0.4, 0.5) is 26.3 Å². The molecule has 2 heterocycles. The van der Waals surface area contributed by atoms with Crippen molar-refractivity contribution in [3.05, 3.63) is 60.3 Å². The molecule has 17 heteroatoms. The molecule has 4 rings (SSSR count). The molecule has 0 saturated carbocycles. The van der Waals surface area contributed by atoms with Gasteiger partial charge in [0, 0.05) is 50.4 Å². The molecule has 0 aliphatic carbocycles. The average Bonchev–Trinajstić information content (AvgIpc) is 3.34. The molecular weight excluding hydrogens is 588 g/mol. The fourth-order valence-corrected chi connectivity index (χ4v) is 4.90. The minimum Gasteiger partial charge on any atom is -0.497 e. The van der Waals surface area contributed by atoms with Crippen molar-refractivity contribution in [1.82, 2.24) is 14.2 Å². The number of methoxy groups -OCH3 is 1. The predicted octanol–water partition coefficient (Wildman–Crippen LogP) is 3.56. The molecule has 1 fully saturated rings.